The number of piperidine rings is 1. The van der Waals surface area contributed by atoms with Crippen LogP contribution in [0.15, 0.2) is 34.7 Å². The van der Waals surface area contributed by atoms with Crippen LogP contribution in [0.3, 0.4) is 0 Å². The van der Waals surface area contributed by atoms with Gasteiger partial charge in [0.25, 0.3) is 0 Å². The van der Waals surface area contributed by atoms with Crippen LogP contribution in [-0.4, -0.2) is 59.0 Å². The standard InChI is InChI=1S/C22H28N4O2.2ClH/c27-22(19-7-4-13-26(19)17-8-11-23-12-9-17)25-14-10-20-18(15-25)24-21(28-20)16-5-2-1-3-6-16;;/h1-3,5-6,17,19,23H,4,7-15H2;2*1H/t19-;;/m0../s1. The third kappa shape index (κ3) is 4.52. The summed E-state index contributed by atoms with van der Waals surface area (Å²) in [4.78, 5) is 22.5. The zero-order valence-corrected chi connectivity index (χ0v) is 18.7. The summed E-state index contributed by atoms with van der Waals surface area (Å²) in [6.07, 6.45) is 5.16. The lowest BCUT2D eigenvalue weighted by Crippen LogP contribution is -2.52. The summed E-state index contributed by atoms with van der Waals surface area (Å²) in [6.45, 7) is 4.49. The van der Waals surface area contributed by atoms with Crippen LogP contribution in [0.5, 0.6) is 0 Å². The largest absolute Gasteiger partial charge is 0.441 e. The van der Waals surface area contributed by atoms with Crippen molar-refractivity contribution in [2.45, 2.75) is 50.7 Å². The molecule has 1 atom stereocenters. The van der Waals surface area contributed by atoms with E-state index in [-0.39, 0.29) is 36.8 Å². The molecule has 0 radical (unpaired) electrons. The maximum absolute atomic E-state index is 13.4. The van der Waals surface area contributed by atoms with Crippen molar-refractivity contribution >= 4 is 30.7 Å². The van der Waals surface area contributed by atoms with Crippen LogP contribution in [0.4, 0.5) is 0 Å². The number of nitrogens with one attached hydrogen (secondary N) is 1. The van der Waals surface area contributed by atoms with E-state index in [2.05, 4.69) is 10.2 Å². The molecule has 2 fully saturated rings. The fraction of sp³-hybridized carbons (Fsp3) is 0.545. The second-order valence-corrected chi connectivity index (χ2v) is 8.14. The number of oxazole rings is 1. The number of benzene rings is 1. The summed E-state index contributed by atoms with van der Waals surface area (Å²) in [5.74, 6) is 1.88. The third-order valence-corrected chi connectivity index (χ3v) is 6.42. The first-order valence-electron chi connectivity index (χ1n) is 10.6. The number of amides is 1. The molecule has 3 aliphatic rings. The van der Waals surface area contributed by atoms with Crippen molar-refractivity contribution < 1.29 is 9.21 Å². The number of fused-ring (bicyclic) bond motifs is 1. The summed E-state index contributed by atoms with van der Waals surface area (Å²) >= 11 is 0. The van der Waals surface area contributed by atoms with Gasteiger partial charge in [0.1, 0.15) is 11.5 Å². The highest BCUT2D eigenvalue weighted by Gasteiger charge is 2.39. The van der Waals surface area contributed by atoms with E-state index < -0.39 is 0 Å². The summed E-state index contributed by atoms with van der Waals surface area (Å²) < 4.78 is 6.00. The van der Waals surface area contributed by atoms with Crippen molar-refractivity contribution in [3.8, 4) is 11.5 Å². The third-order valence-electron chi connectivity index (χ3n) is 6.42. The molecule has 164 valence electrons. The molecule has 4 heterocycles. The maximum Gasteiger partial charge on any atom is 0.240 e. The molecule has 1 amide bonds. The Morgan fingerprint density at radius 3 is 2.60 bits per heavy atom. The van der Waals surface area contributed by atoms with Crippen molar-refractivity contribution in [2.24, 2.45) is 0 Å². The highest BCUT2D eigenvalue weighted by Crippen LogP contribution is 2.29. The Bertz CT molecular complexity index is 839. The van der Waals surface area contributed by atoms with Gasteiger partial charge in [-0.3, -0.25) is 9.69 Å². The van der Waals surface area contributed by atoms with E-state index in [0.717, 1.165) is 75.3 Å². The molecule has 0 aliphatic carbocycles. The minimum atomic E-state index is 0. The van der Waals surface area contributed by atoms with Gasteiger partial charge < -0.3 is 14.6 Å². The molecule has 1 N–H and O–H groups in total. The van der Waals surface area contributed by atoms with Gasteiger partial charge in [-0.1, -0.05) is 18.2 Å². The Kier molecular flexibility index (Phi) is 7.80. The predicted molar refractivity (Wildman–Crippen MR) is 121 cm³/mol. The van der Waals surface area contributed by atoms with Crippen LogP contribution >= 0.6 is 24.8 Å². The molecule has 2 saturated heterocycles. The molecule has 0 saturated carbocycles. The molecule has 0 unspecified atom stereocenters. The number of rotatable bonds is 3. The SMILES string of the molecule is Cl.Cl.O=C([C@@H]1CCCN1C1CCNCC1)N1CCc2oc(-c3ccccc3)nc2C1. The van der Waals surface area contributed by atoms with E-state index in [1.165, 1.54) is 0 Å². The van der Waals surface area contributed by atoms with Crippen molar-refractivity contribution in [1.29, 1.82) is 0 Å². The summed E-state index contributed by atoms with van der Waals surface area (Å²) in [5.41, 5.74) is 1.91. The van der Waals surface area contributed by atoms with Gasteiger partial charge in [-0.25, -0.2) is 4.98 Å². The highest BCUT2D eigenvalue weighted by atomic mass is 35.5. The maximum atomic E-state index is 13.4. The number of aromatic nitrogens is 1. The minimum Gasteiger partial charge on any atom is -0.441 e. The van der Waals surface area contributed by atoms with Crippen molar-refractivity contribution in [1.82, 2.24) is 20.1 Å². The lowest BCUT2D eigenvalue weighted by molar-refractivity contribution is -0.138. The number of halogens is 2. The first-order chi connectivity index (χ1) is 13.8. The fourth-order valence-corrected chi connectivity index (χ4v) is 4.93. The minimum absolute atomic E-state index is 0. The average molecular weight is 453 g/mol. The molecule has 8 heteroatoms. The highest BCUT2D eigenvalue weighted by molar-refractivity contribution is 5.85. The smallest absolute Gasteiger partial charge is 0.240 e. The predicted octanol–water partition coefficient (Wildman–Crippen LogP) is 3.29. The van der Waals surface area contributed by atoms with Crippen LogP contribution in [0, 0.1) is 0 Å². The molecule has 2 aromatic rings. The summed E-state index contributed by atoms with van der Waals surface area (Å²) in [6, 6.07) is 10.6. The van der Waals surface area contributed by atoms with Gasteiger partial charge in [0.2, 0.25) is 11.8 Å². The van der Waals surface area contributed by atoms with E-state index >= 15 is 0 Å². The van der Waals surface area contributed by atoms with Crippen LogP contribution in [0.25, 0.3) is 11.5 Å². The van der Waals surface area contributed by atoms with Crippen molar-refractivity contribution in [3.63, 3.8) is 0 Å². The van der Waals surface area contributed by atoms with Gasteiger partial charge in [0, 0.05) is 24.6 Å². The Hall–Kier alpha value is -1.60. The van der Waals surface area contributed by atoms with E-state index in [9.17, 15) is 4.79 Å². The Balaban J connectivity index is 0.00000128. The lowest BCUT2D eigenvalue weighted by atomic mass is 10.0. The average Bonchev–Trinajstić information content (AvgIpc) is 3.41. The van der Waals surface area contributed by atoms with Gasteiger partial charge >= 0.3 is 0 Å². The Morgan fingerprint density at radius 1 is 1.07 bits per heavy atom. The second-order valence-electron chi connectivity index (χ2n) is 8.14. The molecule has 3 aliphatic heterocycles. The van der Waals surface area contributed by atoms with Gasteiger partial charge in [0.15, 0.2) is 0 Å². The van der Waals surface area contributed by atoms with Crippen LogP contribution in [0.1, 0.15) is 37.1 Å². The number of hydrogen-bond acceptors (Lipinski definition) is 5. The van der Waals surface area contributed by atoms with Gasteiger partial charge in [-0.2, -0.15) is 0 Å². The molecular weight excluding hydrogens is 423 g/mol. The van der Waals surface area contributed by atoms with Crippen LogP contribution in [0.2, 0.25) is 0 Å². The summed E-state index contributed by atoms with van der Waals surface area (Å²) in [7, 11) is 0. The number of carbonyl (C=O) groups is 1. The van der Waals surface area contributed by atoms with Gasteiger partial charge in [-0.05, 0) is 57.5 Å². The molecule has 0 bridgehead atoms. The normalized spacial score (nSPS) is 22.1. The summed E-state index contributed by atoms with van der Waals surface area (Å²) in [5, 5.41) is 3.43. The molecule has 5 rings (SSSR count). The van der Waals surface area contributed by atoms with E-state index in [0.29, 0.717) is 18.5 Å². The number of carbonyl (C=O) groups excluding carboxylic acids is 1. The van der Waals surface area contributed by atoms with Crippen molar-refractivity contribution in [3.05, 3.63) is 41.8 Å². The van der Waals surface area contributed by atoms with E-state index in [1.807, 2.05) is 35.2 Å². The quantitative estimate of drug-likeness (QED) is 0.773. The molecule has 6 nitrogen and oxygen atoms in total. The van der Waals surface area contributed by atoms with Gasteiger partial charge in [-0.15, -0.1) is 24.8 Å². The first-order valence-corrected chi connectivity index (χ1v) is 10.6. The van der Waals surface area contributed by atoms with Gasteiger partial charge in [0.05, 0.1) is 12.6 Å². The Morgan fingerprint density at radius 2 is 1.83 bits per heavy atom. The van der Waals surface area contributed by atoms with Crippen LogP contribution in [-0.2, 0) is 17.8 Å². The Labute approximate surface area is 190 Å². The molecular formula is C22H30Cl2N4O2. The number of likely N-dealkylation sites (tertiary alicyclic amines) is 1. The number of nitrogens with zero attached hydrogens (tertiary/aromatic N) is 3. The van der Waals surface area contributed by atoms with E-state index in [1.54, 1.807) is 0 Å². The first kappa shape index (κ1) is 23.1. The zero-order chi connectivity index (χ0) is 18.9. The monoisotopic (exact) mass is 452 g/mol. The van der Waals surface area contributed by atoms with Crippen molar-refractivity contribution in [2.75, 3.05) is 26.2 Å². The van der Waals surface area contributed by atoms with E-state index in [4.69, 9.17) is 9.40 Å². The molecule has 30 heavy (non-hydrogen) atoms. The molecule has 0 spiro atoms. The zero-order valence-electron chi connectivity index (χ0n) is 17.1. The lowest BCUT2D eigenvalue weighted by Gasteiger charge is -2.37. The fourth-order valence-electron chi connectivity index (χ4n) is 4.93. The molecule has 1 aromatic carbocycles. The second kappa shape index (κ2) is 10.1. The topological polar surface area (TPSA) is 61.6 Å². The van der Waals surface area contributed by atoms with Crippen LogP contribution < -0.4 is 5.32 Å². The number of hydrogen-bond donors (Lipinski definition) is 1. The molecule has 1 aromatic heterocycles.